The topological polar surface area (TPSA) is 120 Å². The monoisotopic (exact) mass is 470 g/mol. The van der Waals surface area contributed by atoms with Crippen molar-refractivity contribution in [2.45, 2.75) is 17.7 Å². The Bertz CT molecular complexity index is 1230. The van der Waals surface area contributed by atoms with E-state index in [4.69, 9.17) is 9.15 Å². The van der Waals surface area contributed by atoms with Crippen LogP contribution in [0.5, 0.6) is 5.95 Å². The molecule has 0 bridgehead atoms. The van der Waals surface area contributed by atoms with Crippen LogP contribution in [0, 0.1) is 0 Å². The molecule has 0 saturated carbocycles. The summed E-state index contributed by atoms with van der Waals surface area (Å²) in [5.74, 6) is -4.89. The van der Waals surface area contributed by atoms with E-state index in [2.05, 4.69) is 4.74 Å². The van der Waals surface area contributed by atoms with Crippen LogP contribution < -0.4 is 4.74 Å². The molecule has 0 radical (unpaired) electrons. The van der Waals surface area contributed by atoms with E-state index in [-0.39, 0.29) is 11.1 Å². The van der Waals surface area contributed by atoms with Crippen LogP contribution in [0.1, 0.15) is 32.0 Å². The molecule has 3 aromatic rings. The summed E-state index contributed by atoms with van der Waals surface area (Å²) in [6, 6.07) is 14.2. The molecule has 1 heterocycles. The Morgan fingerprint density at radius 3 is 1.88 bits per heavy atom. The fourth-order valence-corrected chi connectivity index (χ4v) is 3.48. The Balaban J connectivity index is 2.01. The number of benzene rings is 2. The molecule has 32 heavy (non-hydrogen) atoms. The zero-order valence-electron chi connectivity index (χ0n) is 15.8. The summed E-state index contributed by atoms with van der Waals surface area (Å²) in [6.07, 6.45) is -5.41. The molecule has 12 heteroatoms. The molecule has 1 N–H and O–H groups in total. The minimum Gasteiger partial charge on any atom is -0.454 e. The van der Waals surface area contributed by atoms with Crippen molar-refractivity contribution in [3.8, 4) is 5.95 Å². The third kappa shape index (κ3) is 5.15. The second kappa shape index (κ2) is 8.85. The summed E-state index contributed by atoms with van der Waals surface area (Å²) in [4.78, 5) is 22.5. The van der Waals surface area contributed by atoms with Crippen molar-refractivity contribution in [3.05, 3.63) is 83.1 Å². The summed E-state index contributed by atoms with van der Waals surface area (Å²) in [5.41, 5.74) is -2.17. The number of furan rings is 1. The van der Waals surface area contributed by atoms with Gasteiger partial charge in [0.05, 0.1) is 11.1 Å². The number of esters is 2. The van der Waals surface area contributed by atoms with Crippen molar-refractivity contribution < 1.29 is 49.6 Å². The van der Waals surface area contributed by atoms with E-state index in [1.165, 1.54) is 48.5 Å². The molecule has 0 aliphatic carbocycles. The molecule has 1 aromatic heterocycles. The predicted molar refractivity (Wildman–Crippen MR) is 100 cm³/mol. The van der Waals surface area contributed by atoms with Crippen molar-refractivity contribution in [1.29, 1.82) is 0 Å². The molecule has 0 atom stereocenters. The normalized spacial score (nSPS) is 11.8. The number of alkyl halides is 3. The number of carbonyl (C=O) groups excluding carboxylic acids is 2. The highest BCUT2D eigenvalue weighted by molar-refractivity contribution is 7.86. The number of rotatable bonds is 6. The molecule has 0 fully saturated rings. The van der Waals surface area contributed by atoms with Gasteiger partial charge in [-0.25, -0.2) is 9.59 Å². The highest BCUT2D eigenvalue weighted by atomic mass is 32.2. The van der Waals surface area contributed by atoms with E-state index >= 15 is 0 Å². The van der Waals surface area contributed by atoms with Crippen molar-refractivity contribution in [1.82, 2.24) is 0 Å². The maximum Gasteiger partial charge on any atom is 0.424 e. The largest absolute Gasteiger partial charge is 0.454 e. The molecule has 0 spiro atoms. The van der Waals surface area contributed by atoms with Crippen LogP contribution in [0.15, 0.2) is 70.0 Å². The van der Waals surface area contributed by atoms with Gasteiger partial charge in [0.1, 0.15) is 0 Å². The van der Waals surface area contributed by atoms with Gasteiger partial charge in [-0.05, 0) is 24.3 Å². The first-order chi connectivity index (χ1) is 15.0. The smallest absolute Gasteiger partial charge is 0.424 e. The van der Waals surface area contributed by atoms with Gasteiger partial charge in [0.15, 0.2) is 22.8 Å². The molecular weight excluding hydrogens is 457 g/mol. The van der Waals surface area contributed by atoms with Gasteiger partial charge in [-0.3, -0.25) is 4.55 Å². The Morgan fingerprint density at radius 1 is 0.906 bits per heavy atom. The molecule has 0 unspecified atom stereocenters. The van der Waals surface area contributed by atoms with E-state index in [9.17, 15) is 35.7 Å². The first-order valence-corrected chi connectivity index (χ1v) is 10.1. The standard InChI is InChI=1S/C20H13F3O8S/c21-20(22,23)15-16(32(26,27)28)14(11-29-17(24)12-7-3-1-4-8-12)30-19(15)31-18(25)13-9-5-2-6-10-13/h1-10H,11H2,(H,26,27,28). The second-order valence-electron chi connectivity index (χ2n) is 6.19. The molecule has 8 nitrogen and oxygen atoms in total. The first-order valence-electron chi connectivity index (χ1n) is 8.68. The highest BCUT2D eigenvalue weighted by Crippen LogP contribution is 2.44. The lowest BCUT2D eigenvalue weighted by Crippen LogP contribution is -2.16. The van der Waals surface area contributed by atoms with Crippen LogP contribution in [0.25, 0.3) is 0 Å². The molecule has 0 aliphatic rings. The number of halogens is 3. The predicted octanol–water partition coefficient (Wildman–Crippen LogP) is 4.12. The fraction of sp³-hybridized carbons (Fsp3) is 0.100. The Kier molecular flexibility index (Phi) is 6.37. The van der Waals surface area contributed by atoms with E-state index in [0.29, 0.717) is 0 Å². The van der Waals surface area contributed by atoms with E-state index < -0.39 is 57.0 Å². The summed E-state index contributed by atoms with van der Waals surface area (Å²) >= 11 is 0. The third-order valence-electron chi connectivity index (χ3n) is 3.98. The maximum atomic E-state index is 13.6. The molecule has 3 rings (SSSR count). The summed E-state index contributed by atoms with van der Waals surface area (Å²) in [7, 11) is -5.54. The number of ether oxygens (including phenoxy) is 2. The van der Waals surface area contributed by atoms with Gasteiger partial charge in [-0.1, -0.05) is 36.4 Å². The number of hydrogen-bond donors (Lipinski definition) is 1. The van der Waals surface area contributed by atoms with E-state index in [0.717, 1.165) is 0 Å². The molecule has 0 amide bonds. The van der Waals surface area contributed by atoms with Gasteiger partial charge >= 0.3 is 24.1 Å². The molecule has 0 saturated heterocycles. The average Bonchev–Trinajstić information content (AvgIpc) is 3.12. The Hall–Kier alpha value is -3.64. The molecule has 0 aliphatic heterocycles. The van der Waals surface area contributed by atoms with Gasteiger partial charge in [0.25, 0.3) is 10.1 Å². The quantitative estimate of drug-likeness (QED) is 0.422. The van der Waals surface area contributed by atoms with Gasteiger partial charge in [0, 0.05) is 0 Å². The Labute approximate surface area is 178 Å². The van der Waals surface area contributed by atoms with Crippen LogP contribution in [0.3, 0.4) is 0 Å². The van der Waals surface area contributed by atoms with Gasteiger partial charge in [0.2, 0.25) is 0 Å². The lowest BCUT2D eigenvalue weighted by molar-refractivity contribution is -0.141. The number of hydrogen-bond acceptors (Lipinski definition) is 7. The molecule has 168 valence electrons. The molecule has 2 aromatic carbocycles. The van der Waals surface area contributed by atoms with Crippen molar-refractivity contribution in [3.63, 3.8) is 0 Å². The van der Waals surface area contributed by atoms with Crippen molar-refractivity contribution in [2.24, 2.45) is 0 Å². The average molecular weight is 470 g/mol. The minimum absolute atomic E-state index is 0.0271. The van der Waals surface area contributed by atoms with Crippen LogP contribution in [0.4, 0.5) is 13.2 Å². The van der Waals surface area contributed by atoms with E-state index in [1.807, 2.05) is 0 Å². The van der Waals surface area contributed by atoms with Gasteiger partial charge < -0.3 is 13.9 Å². The molecular formula is C20H13F3O8S. The lowest BCUT2D eigenvalue weighted by Gasteiger charge is -2.08. The van der Waals surface area contributed by atoms with E-state index in [1.54, 1.807) is 12.1 Å². The van der Waals surface area contributed by atoms with Crippen LogP contribution >= 0.6 is 0 Å². The first kappa shape index (κ1) is 23.0. The van der Waals surface area contributed by atoms with Crippen molar-refractivity contribution in [2.75, 3.05) is 0 Å². The fourth-order valence-electron chi connectivity index (χ4n) is 2.63. The number of carbonyl (C=O) groups is 2. The van der Waals surface area contributed by atoms with Crippen molar-refractivity contribution >= 4 is 22.1 Å². The van der Waals surface area contributed by atoms with Crippen LogP contribution in [-0.4, -0.2) is 24.9 Å². The summed E-state index contributed by atoms with van der Waals surface area (Å²) in [6.45, 7) is -1.10. The maximum absolute atomic E-state index is 13.6. The second-order valence-corrected chi connectivity index (χ2v) is 7.55. The Morgan fingerprint density at radius 2 is 1.41 bits per heavy atom. The van der Waals surface area contributed by atoms with Crippen LogP contribution in [0.2, 0.25) is 0 Å². The van der Waals surface area contributed by atoms with Crippen LogP contribution in [-0.2, 0) is 27.6 Å². The minimum atomic E-state index is -5.54. The van der Waals surface area contributed by atoms with Gasteiger partial charge in [-0.15, -0.1) is 0 Å². The summed E-state index contributed by atoms with van der Waals surface area (Å²) in [5, 5.41) is 0. The van der Waals surface area contributed by atoms with Gasteiger partial charge in [-0.2, -0.15) is 21.6 Å². The third-order valence-corrected chi connectivity index (χ3v) is 4.93. The highest BCUT2D eigenvalue weighted by Gasteiger charge is 2.47. The summed E-state index contributed by atoms with van der Waals surface area (Å²) < 4.78 is 88.0. The lowest BCUT2D eigenvalue weighted by atomic mass is 10.2. The SMILES string of the molecule is O=C(OCc1oc(OC(=O)c2ccccc2)c(C(F)(F)F)c1S(=O)(=O)O)c1ccccc1. The zero-order chi connectivity index (χ0) is 23.5. The zero-order valence-corrected chi connectivity index (χ0v) is 16.6.